The van der Waals surface area contributed by atoms with E-state index >= 15 is 0 Å². The van der Waals surface area contributed by atoms with Gasteiger partial charge in [0.15, 0.2) is 5.82 Å². The third kappa shape index (κ3) is 3.47. The summed E-state index contributed by atoms with van der Waals surface area (Å²) in [5.74, 6) is 0.490. The lowest BCUT2D eigenvalue weighted by atomic mass is 10.1. The van der Waals surface area contributed by atoms with Crippen molar-refractivity contribution in [1.82, 2.24) is 20.2 Å². The Morgan fingerprint density at radius 3 is 2.79 bits per heavy atom. The maximum atomic E-state index is 12.4. The second kappa shape index (κ2) is 7.01. The fraction of sp³-hybridized carbons (Fsp3) is 0.176. The van der Waals surface area contributed by atoms with Gasteiger partial charge in [0.05, 0.1) is 12.3 Å². The summed E-state index contributed by atoms with van der Waals surface area (Å²) >= 11 is 0. The van der Waals surface area contributed by atoms with Gasteiger partial charge in [-0.25, -0.2) is 0 Å². The van der Waals surface area contributed by atoms with Crippen molar-refractivity contribution in [2.24, 2.45) is 0 Å². The van der Waals surface area contributed by atoms with Gasteiger partial charge < -0.3 is 10.1 Å². The molecule has 0 aliphatic carbocycles. The van der Waals surface area contributed by atoms with Crippen LogP contribution in [0.25, 0.3) is 5.69 Å². The number of ether oxygens (including phenoxy) is 1. The number of amides is 1. The van der Waals surface area contributed by atoms with Gasteiger partial charge in [-0.2, -0.15) is 4.68 Å². The SMILES string of the molecule is COCc1cccc(C(=O)Nc2cccc(-n3nnnc3C)c2)c1. The maximum Gasteiger partial charge on any atom is 0.255 e. The number of carbonyl (C=O) groups excluding carboxylic acids is 1. The average molecular weight is 323 g/mol. The van der Waals surface area contributed by atoms with E-state index in [0.29, 0.717) is 23.7 Å². The van der Waals surface area contributed by atoms with E-state index in [4.69, 9.17) is 4.74 Å². The monoisotopic (exact) mass is 323 g/mol. The second-order valence-corrected chi connectivity index (χ2v) is 5.28. The van der Waals surface area contributed by atoms with Crippen molar-refractivity contribution in [3.05, 3.63) is 65.5 Å². The van der Waals surface area contributed by atoms with Crippen LogP contribution in [0.15, 0.2) is 48.5 Å². The summed E-state index contributed by atoms with van der Waals surface area (Å²) in [4.78, 5) is 12.4. The summed E-state index contributed by atoms with van der Waals surface area (Å²) in [7, 11) is 1.62. The first-order valence-electron chi connectivity index (χ1n) is 7.42. The predicted molar refractivity (Wildman–Crippen MR) is 89.0 cm³/mol. The first kappa shape index (κ1) is 15.8. The molecule has 0 spiro atoms. The van der Waals surface area contributed by atoms with Crippen LogP contribution in [0.3, 0.4) is 0 Å². The van der Waals surface area contributed by atoms with Gasteiger partial charge in [-0.15, -0.1) is 5.10 Å². The number of methoxy groups -OCH3 is 1. The minimum Gasteiger partial charge on any atom is -0.380 e. The van der Waals surface area contributed by atoms with E-state index in [1.165, 1.54) is 0 Å². The largest absolute Gasteiger partial charge is 0.380 e. The minimum atomic E-state index is -0.182. The molecule has 2 aromatic carbocycles. The number of carbonyl (C=O) groups is 1. The number of aryl methyl sites for hydroxylation is 1. The van der Waals surface area contributed by atoms with E-state index in [-0.39, 0.29) is 5.91 Å². The highest BCUT2D eigenvalue weighted by Crippen LogP contribution is 2.16. The number of nitrogens with one attached hydrogen (secondary N) is 1. The molecule has 7 nitrogen and oxygen atoms in total. The van der Waals surface area contributed by atoms with Crippen LogP contribution < -0.4 is 5.32 Å². The predicted octanol–water partition coefficient (Wildman–Crippen LogP) is 2.37. The molecule has 3 rings (SSSR count). The van der Waals surface area contributed by atoms with Gasteiger partial charge in [0.2, 0.25) is 0 Å². The third-order valence-corrected chi connectivity index (χ3v) is 3.47. The molecule has 0 atom stereocenters. The minimum absolute atomic E-state index is 0.182. The van der Waals surface area contributed by atoms with Crippen molar-refractivity contribution in [1.29, 1.82) is 0 Å². The zero-order valence-electron chi connectivity index (χ0n) is 13.4. The normalized spacial score (nSPS) is 10.6. The first-order valence-corrected chi connectivity index (χ1v) is 7.42. The van der Waals surface area contributed by atoms with Crippen LogP contribution in [-0.2, 0) is 11.3 Å². The number of benzene rings is 2. The highest BCUT2D eigenvalue weighted by atomic mass is 16.5. The average Bonchev–Trinajstić information content (AvgIpc) is 3.02. The molecule has 0 saturated carbocycles. The molecular formula is C17H17N5O2. The van der Waals surface area contributed by atoms with Gasteiger partial charge in [0, 0.05) is 18.4 Å². The molecule has 24 heavy (non-hydrogen) atoms. The Kier molecular flexibility index (Phi) is 4.62. The van der Waals surface area contributed by atoms with E-state index in [1.807, 2.05) is 49.4 Å². The highest BCUT2D eigenvalue weighted by Gasteiger charge is 2.09. The van der Waals surface area contributed by atoms with Gasteiger partial charge in [0.1, 0.15) is 0 Å². The second-order valence-electron chi connectivity index (χ2n) is 5.28. The molecule has 1 heterocycles. The van der Waals surface area contributed by atoms with Crippen molar-refractivity contribution < 1.29 is 9.53 Å². The van der Waals surface area contributed by atoms with Crippen molar-refractivity contribution >= 4 is 11.6 Å². The molecule has 0 radical (unpaired) electrons. The molecule has 3 aromatic rings. The van der Waals surface area contributed by atoms with Gasteiger partial charge in [-0.1, -0.05) is 18.2 Å². The Balaban J connectivity index is 1.80. The van der Waals surface area contributed by atoms with Gasteiger partial charge in [-0.05, 0) is 53.2 Å². The van der Waals surface area contributed by atoms with Crippen molar-refractivity contribution in [2.45, 2.75) is 13.5 Å². The summed E-state index contributed by atoms with van der Waals surface area (Å²) in [6.07, 6.45) is 0. The quantitative estimate of drug-likeness (QED) is 0.779. The molecule has 1 N–H and O–H groups in total. The molecule has 0 bridgehead atoms. The van der Waals surface area contributed by atoms with Crippen LogP contribution in [0, 0.1) is 6.92 Å². The molecule has 1 amide bonds. The number of aromatic nitrogens is 4. The zero-order valence-corrected chi connectivity index (χ0v) is 13.4. The van der Waals surface area contributed by atoms with Crippen LogP contribution in [0.2, 0.25) is 0 Å². The Hall–Kier alpha value is -3.06. The highest BCUT2D eigenvalue weighted by molar-refractivity contribution is 6.04. The molecule has 0 aliphatic heterocycles. The van der Waals surface area contributed by atoms with Gasteiger partial charge >= 0.3 is 0 Å². The maximum absolute atomic E-state index is 12.4. The Bertz CT molecular complexity index is 859. The summed E-state index contributed by atoms with van der Waals surface area (Å²) in [6, 6.07) is 14.7. The number of anilines is 1. The van der Waals surface area contributed by atoms with Crippen molar-refractivity contribution in [3.8, 4) is 5.69 Å². The molecule has 0 fully saturated rings. The van der Waals surface area contributed by atoms with Crippen LogP contribution in [-0.4, -0.2) is 33.2 Å². The van der Waals surface area contributed by atoms with Crippen LogP contribution in [0.4, 0.5) is 5.69 Å². The Labute approximate surface area is 139 Å². The standard InChI is InChI=1S/C17H17N5O2/c1-12-19-20-21-22(12)16-8-4-7-15(10-16)18-17(23)14-6-3-5-13(9-14)11-24-2/h3-10H,11H2,1-2H3,(H,18,23). The smallest absolute Gasteiger partial charge is 0.255 e. The van der Waals surface area contributed by atoms with E-state index in [2.05, 4.69) is 20.8 Å². The fourth-order valence-electron chi connectivity index (χ4n) is 2.36. The summed E-state index contributed by atoms with van der Waals surface area (Å²) in [6.45, 7) is 2.28. The number of hydrogen-bond acceptors (Lipinski definition) is 5. The van der Waals surface area contributed by atoms with E-state index < -0.39 is 0 Å². The third-order valence-electron chi connectivity index (χ3n) is 3.47. The van der Waals surface area contributed by atoms with Gasteiger partial charge in [-0.3, -0.25) is 4.79 Å². The first-order chi connectivity index (χ1) is 11.7. The Morgan fingerprint density at radius 1 is 1.21 bits per heavy atom. The molecule has 0 aliphatic rings. The molecule has 7 heteroatoms. The lowest BCUT2D eigenvalue weighted by molar-refractivity contribution is 0.102. The van der Waals surface area contributed by atoms with Crippen LogP contribution in [0.1, 0.15) is 21.7 Å². The van der Waals surface area contributed by atoms with E-state index in [0.717, 1.165) is 11.3 Å². The number of tetrazole rings is 1. The van der Waals surface area contributed by atoms with Crippen molar-refractivity contribution in [3.63, 3.8) is 0 Å². The number of rotatable bonds is 5. The van der Waals surface area contributed by atoms with Crippen LogP contribution in [0.5, 0.6) is 0 Å². The summed E-state index contributed by atoms with van der Waals surface area (Å²) in [5.41, 5.74) is 2.98. The molecular weight excluding hydrogens is 306 g/mol. The molecule has 0 unspecified atom stereocenters. The van der Waals surface area contributed by atoms with E-state index in [1.54, 1.807) is 17.9 Å². The van der Waals surface area contributed by atoms with Crippen LogP contribution >= 0.6 is 0 Å². The van der Waals surface area contributed by atoms with Gasteiger partial charge in [0.25, 0.3) is 5.91 Å². The molecule has 1 aromatic heterocycles. The molecule has 0 saturated heterocycles. The zero-order chi connectivity index (χ0) is 16.9. The Morgan fingerprint density at radius 2 is 2.04 bits per heavy atom. The van der Waals surface area contributed by atoms with Crippen molar-refractivity contribution in [2.75, 3.05) is 12.4 Å². The molecule has 122 valence electrons. The lowest BCUT2D eigenvalue weighted by Gasteiger charge is -2.09. The van der Waals surface area contributed by atoms with E-state index in [9.17, 15) is 4.79 Å². The number of hydrogen-bond donors (Lipinski definition) is 1. The summed E-state index contributed by atoms with van der Waals surface area (Å²) < 4.78 is 6.70. The fourth-order valence-corrected chi connectivity index (χ4v) is 2.36. The number of nitrogens with zero attached hydrogens (tertiary/aromatic N) is 4. The summed E-state index contributed by atoms with van der Waals surface area (Å²) in [5, 5.41) is 14.3. The lowest BCUT2D eigenvalue weighted by Crippen LogP contribution is -2.12. The topological polar surface area (TPSA) is 81.9 Å².